The van der Waals surface area contributed by atoms with Crippen molar-refractivity contribution in [1.29, 1.82) is 0 Å². The molecule has 0 aromatic heterocycles. The molecule has 0 saturated heterocycles. The summed E-state index contributed by atoms with van der Waals surface area (Å²) in [6, 6.07) is 38.6. The molecule has 0 aliphatic rings. The summed E-state index contributed by atoms with van der Waals surface area (Å²) in [5.74, 6) is -1.13. The first-order valence-electron chi connectivity index (χ1n) is 13.7. The first-order valence-corrected chi connectivity index (χ1v) is 13.7. The lowest BCUT2D eigenvalue weighted by molar-refractivity contribution is -0.458. The number of aliphatic hydroxyl groups is 1. The van der Waals surface area contributed by atoms with E-state index in [-0.39, 0.29) is 11.6 Å². The Morgan fingerprint density at radius 2 is 1.00 bits per heavy atom. The average Bonchev–Trinajstić information content (AvgIpc) is 2.92. The van der Waals surface area contributed by atoms with Crippen LogP contribution in [0.15, 0.2) is 121 Å². The first kappa shape index (κ1) is 32.4. The van der Waals surface area contributed by atoms with E-state index in [1.165, 1.54) is 0 Å². The molecule has 40 heavy (non-hydrogen) atoms. The summed E-state index contributed by atoms with van der Waals surface area (Å²) < 4.78 is 0. The maximum Gasteiger partial charge on any atom is 0.0953 e. The zero-order valence-electron chi connectivity index (χ0n) is 24.4. The fourth-order valence-corrected chi connectivity index (χ4v) is 4.12. The van der Waals surface area contributed by atoms with E-state index in [9.17, 15) is 9.90 Å². The van der Waals surface area contributed by atoms with Gasteiger partial charge in [-0.15, -0.1) is 0 Å². The summed E-state index contributed by atoms with van der Waals surface area (Å²) in [7, 11) is 0. The number of aliphatic hydroxyl groups excluding tert-OH is 1. The van der Waals surface area contributed by atoms with Gasteiger partial charge in [0.2, 0.25) is 0 Å². The first-order chi connectivity index (χ1) is 18.9. The van der Waals surface area contributed by atoms with Crippen LogP contribution in [0.3, 0.4) is 0 Å². The van der Waals surface area contributed by atoms with Gasteiger partial charge in [-0.2, -0.15) is 0 Å². The zero-order chi connectivity index (χ0) is 29.6. The van der Waals surface area contributed by atoms with Gasteiger partial charge in [0.25, 0.3) is 0 Å². The number of hydrogen-bond donors (Lipinski definition) is 3. The molecule has 0 aliphatic carbocycles. The molecular weight excluding hydrogens is 496 g/mol. The van der Waals surface area contributed by atoms with E-state index in [0.717, 1.165) is 22.3 Å². The molecule has 5 nitrogen and oxygen atoms in total. The van der Waals surface area contributed by atoms with Crippen molar-refractivity contribution in [1.82, 2.24) is 5.32 Å². The van der Waals surface area contributed by atoms with Crippen LogP contribution in [-0.2, 0) is 16.8 Å². The lowest BCUT2D eigenvalue weighted by Crippen LogP contribution is -2.67. The number of carbonyl (C=O) groups excluding carboxylic acids is 1. The summed E-state index contributed by atoms with van der Waals surface area (Å²) >= 11 is 0. The van der Waals surface area contributed by atoms with Gasteiger partial charge < -0.3 is 20.7 Å². The van der Waals surface area contributed by atoms with Gasteiger partial charge in [0.1, 0.15) is 0 Å². The fourth-order valence-electron chi connectivity index (χ4n) is 4.12. The van der Waals surface area contributed by atoms with Crippen LogP contribution >= 0.6 is 0 Å². The van der Waals surface area contributed by atoms with Gasteiger partial charge in [-0.25, -0.2) is 0 Å². The molecule has 5 N–H and O–H groups in total. The number of nitrogens with one attached hydrogen (secondary N) is 1. The predicted molar refractivity (Wildman–Crippen MR) is 161 cm³/mol. The van der Waals surface area contributed by atoms with Crippen molar-refractivity contribution in [2.75, 3.05) is 0 Å². The van der Waals surface area contributed by atoms with Gasteiger partial charge in [0, 0.05) is 6.10 Å². The monoisotopic (exact) mass is 540 g/mol. The van der Waals surface area contributed by atoms with Crippen molar-refractivity contribution >= 4 is 5.97 Å². The fraction of sp³-hybridized carbons (Fsp3) is 0.286. The van der Waals surface area contributed by atoms with Gasteiger partial charge in [-0.1, -0.05) is 121 Å². The topological polar surface area (TPSA) is 100 Å². The second kappa shape index (κ2) is 15.7. The number of carboxylic acids is 1. The highest BCUT2D eigenvalue weighted by atomic mass is 16.4. The molecule has 0 amide bonds. The highest BCUT2D eigenvalue weighted by Gasteiger charge is 2.38. The Labute approximate surface area is 239 Å². The van der Waals surface area contributed by atoms with Gasteiger partial charge in [-0.05, 0) is 63.3 Å². The predicted octanol–water partition coefficient (Wildman–Crippen LogP) is 4.34. The van der Waals surface area contributed by atoms with Crippen LogP contribution in [0.1, 0.15) is 56.9 Å². The van der Waals surface area contributed by atoms with Crippen molar-refractivity contribution in [3.8, 4) is 0 Å². The van der Waals surface area contributed by atoms with Gasteiger partial charge in [-0.3, -0.25) is 5.32 Å². The van der Waals surface area contributed by atoms with Crippen molar-refractivity contribution in [3.05, 3.63) is 144 Å². The molecule has 0 spiro atoms. The molecular formula is C35H44N2O3. The summed E-state index contributed by atoms with van der Waals surface area (Å²) in [4.78, 5) is 12.3. The number of carboxylic acid groups (broad SMARTS) is 1. The van der Waals surface area contributed by atoms with Crippen LogP contribution in [0.5, 0.6) is 0 Å². The lowest BCUT2D eigenvalue weighted by atomic mass is 9.76. The van der Waals surface area contributed by atoms with Crippen LogP contribution < -0.4 is 16.2 Å². The molecule has 0 radical (unpaired) electrons. The summed E-state index contributed by atoms with van der Waals surface area (Å²) in [6.07, 6.45) is 0.150. The molecule has 5 heteroatoms. The van der Waals surface area contributed by atoms with E-state index in [2.05, 4.69) is 31.8 Å². The minimum absolute atomic E-state index is 0.167. The van der Waals surface area contributed by atoms with Gasteiger partial charge >= 0.3 is 0 Å². The van der Waals surface area contributed by atoms with Gasteiger partial charge in [0.05, 0.1) is 23.1 Å². The van der Waals surface area contributed by atoms with Crippen molar-refractivity contribution in [3.63, 3.8) is 0 Å². The molecule has 0 saturated carbocycles. The largest absolute Gasteiger partial charge is 0.548 e. The van der Waals surface area contributed by atoms with E-state index >= 15 is 0 Å². The van der Waals surface area contributed by atoms with E-state index in [0.29, 0.717) is 6.42 Å². The van der Waals surface area contributed by atoms with Crippen LogP contribution in [0.4, 0.5) is 0 Å². The molecule has 0 bridgehead atoms. The minimum atomic E-state index is -1.13. The van der Waals surface area contributed by atoms with Crippen molar-refractivity contribution in [2.24, 2.45) is 0 Å². The molecule has 4 aromatic rings. The molecule has 0 unspecified atom stereocenters. The van der Waals surface area contributed by atoms with E-state index in [1.54, 1.807) is 13.8 Å². The number of benzene rings is 4. The Kier molecular flexibility index (Phi) is 12.8. The normalized spacial score (nSPS) is 11.9. The van der Waals surface area contributed by atoms with Crippen molar-refractivity contribution < 1.29 is 20.7 Å². The molecule has 4 aromatic carbocycles. The molecule has 0 aliphatic heterocycles. The number of hydrogen-bond acceptors (Lipinski definition) is 4. The third-order valence-electron chi connectivity index (χ3n) is 5.58. The Morgan fingerprint density at radius 1 is 0.725 bits per heavy atom. The Bertz CT molecular complexity index is 1130. The SMILES string of the molecule is CC(C)(C)[NH3+].CC(C)O.O=C([O-])[C@H](Cc1ccccc1)NC(c1ccccc1)(c1ccccc1)c1ccccc1. The second-order valence-corrected chi connectivity index (χ2v) is 11.2. The van der Waals surface area contributed by atoms with Crippen LogP contribution in [0, 0.1) is 0 Å². The molecule has 212 valence electrons. The quantitative estimate of drug-likeness (QED) is 0.290. The summed E-state index contributed by atoms with van der Waals surface area (Å²) in [5.41, 5.74) is 6.99. The maximum absolute atomic E-state index is 12.3. The Morgan fingerprint density at radius 3 is 1.27 bits per heavy atom. The third kappa shape index (κ3) is 10.8. The number of carbonyl (C=O) groups is 1. The lowest BCUT2D eigenvalue weighted by Gasteiger charge is -2.40. The van der Waals surface area contributed by atoms with Gasteiger partial charge in [0.15, 0.2) is 0 Å². The minimum Gasteiger partial charge on any atom is -0.548 e. The Balaban J connectivity index is 0.000000543. The van der Waals surface area contributed by atoms with E-state index in [1.807, 2.05) is 121 Å². The maximum atomic E-state index is 12.3. The highest BCUT2D eigenvalue weighted by molar-refractivity contribution is 5.72. The van der Waals surface area contributed by atoms with Crippen LogP contribution in [0.25, 0.3) is 0 Å². The standard InChI is InChI=1S/C28H25NO2.C4H11N.C3H8O/c30-27(31)26(21-22-13-5-1-6-14-22)29-28(23-15-7-2-8-16-23,24-17-9-3-10-18-24)25-19-11-4-12-20-25;1-4(2,3)5;1-3(2)4/h1-20,26,29H,21H2,(H,30,31);5H2,1-3H3;3-4H,1-2H3/t26-;;/m0../s1. The summed E-state index contributed by atoms with van der Waals surface area (Å²) in [5, 5.41) is 23.9. The highest BCUT2D eigenvalue weighted by Crippen LogP contribution is 2.37. The second-order valence-electron chi connectivity index (χ2n) is 11.2. The number of aliphatic carboxylic acids is 1. The zero-order valence-corrected chi connectivity index (χ0v) is 24.4. The number of rotatable bonds is 8. The van der Waals surface area contributed by atoms with Crippen LogP contribution in [0.2, 0.25) is 0 Å². The molecule has 0 heterocycles. The summed E-state index contributed by atoms with van der Waals surface area (Å²) in [6.45, 7) is 9.67. The average molecular weight is 541 g/mol. The third-order valence-corrected chi connectivity index (χ3v) is 5.58. The van der Waals surface area contributed by atoms with E-state index < -0.39 is 17.6 Å². The van der Waals surface area contributed by atoms with Crippen molar-refractivity contribution in [2.45, 2.75) is 64.3 Å². The molecule has 0 fully saturated rings. The number of quaternary nitrogens is 1. The smallest absolute Gasteiger partial charge is 0.0953 e. The molecule has 4 rings (SSSR count). The van der Waals surface area contributed by atoms with E-state index in [4.69, 9.17) is 5.11 Å². The molecule has 1 atom stereocenters. The Hall–Kier alpha value is -3.77. The van der Waals surface area contributed by atoms with Crippen LogP contribution in [-0.4, -0.2) is 28.8 Å².